The number of benzene rings is 2. The molecule has 1 heterocycles. The molecule has 0 aliphatic rings. The highest BCUT2D eigenvalue weighted by atomic mass is 16.5. The largest absolute Gasteiger partial charge is 0.462 e. The van der Waals surface area contributed by atoms with Crippen LogP contribution in [0, 0.1) is 0 Å². The van der Waals surface area contributed by atoms with E-state index in [0.717, 1.165) is 18.4 Å². The fraction of sp³-hybridized carbons (Fsp3) is 0.375. The lowest BCUT2D eigenvalue weighted by molar-refractivity contribution is 0.0944. The van der Waals surface area contributed by atoms with Crippen LogP contribution >= 0.6 is 0 Å². The first-order valence-electron chi connectivity index (χ1n) is 10.5. The maximum Gasteiger partial charge on any atom is 0.336 e. The topological polar surface area (TPSA) is 57.0 Å². The van der Waals surface area contributed by atoms with Crippen molar-refractivity contribution in [2.75, 3.05) is 6.61 Å². The summed E-state index contributed by atoms with van der Waals surface area (Å²) >= 11 is 0. The molecule has 0 saturated heterocycles. The molecule has 5 heteroatoms. The van der Waals surface area contributed by atoms with Gasteiger partial charge in [-0.05, 0) is 37.0 Å². The summed E-state index contributed by atoms with van der Waals surface area (Å²) in [6, 6.07) is 17.6. The van der Waals surface area contributed by atoms with Crippen molar-refractivity contribution in [3.63, 3.8) is 0 Å². The molecule has 0 N–H and O–H groups in total. The number of aryl methyl sites for hydroxylation is 1. The van der Waals surface area contributed by atoms with Crippen molar-refractivity contribution in [2.24, 2.45) is 0 Å². The van der Waals surface area contributed by atoms with Crippen molar-refractivity contribution in [1.82, 2.24) is 14.8 Å². The second kappa shape index (κ2) is 10.6. The van der Waals surface area contributed by atoms with Crippen LogP contribution in [0.3, 0.4) is 0 Å². The van der Waals surface area contributed by atoms with Crippen molar-refractivity contribution >= 4 is 5.91 Å². The Morgan fingerprint density at radius 1 is 0.931 bits per heavy atom. The number of carbonyl (C=O) groups is 1. The minimum Gasteiger partial charge on any atom is -0.462 e. The third-order valence-electron chi connectivity index (χ3n) is 4.77. The van der Waals surface area contributed by atoms with Crippen molar-refractivity contribution in [2.45, 2.75) is 52.4 Å². The van der Waals surface area contributed by atoms with Crippen LogP contribution in [0.15, 0.2) is 54.6 Å². The van der Waals surface area contributed by atoms with Gasteiger partial charge in [-0.3, -0.25) is 4.79 Å². The van der Waals surface area contributed by atoms with Crippen molar-refractivity contribution < 1.29 is 9.53 Å². The Kier molecular flexibility index (Phi) is 7.56. The fourth-order valence-electron chi connectivity index (χ4n) is 3.16. The number of unbranched alkanes of at least 4 members (excludes halogenated alkanes) is 3. The summed E-state index contributed by atoms with van der Waals surface area (Å²) in [5.74, 6) is 0.283. The summed E-state index contributed by atoms with van der Waals surface area (Å²) in [4.78, 5) is 17.6. The highest BCUT2D eigenvalue weighted by Crippen LogP contribution is 2.21. The molecule has 5 nitrogen and oxygen atoms in total. The molecule has 0 saturated carbocycles. The lowest BCUT2D eigenvalue weighted by atomic mass is 10.0. The highest BCUT2D eigenvalue weighted by molar-refractivity contribution is 5.97. The van der Waals surface area contributed by atoms with E-state index in [4.69, 9.17) is 4.74 Å². The van der Waals surface area contributed by atoms with E-state index in [-0.39, 0.29) is 11.9 Å². The van der Waals surface area contributed by atoms with E-state index >= 15 is 0 Å². The monoisotopic (exact) mass is 391 g/mol. The van der Waals surface area contributed by atoms with Crippen molar-refractivity contribution in [3.8, 4) is 17.4 Å². The Bertz CT molecular complexity index is 902. The Hall–Kier alpha value is -2.95. The lowest BCUT2D eigenvalue weighted by Crippen LogP contribution is -2.15. The average molecular weight is 392 g/mol. The second-order valence-electron chi connectivity index (χ2n) is 7.16. The number of carbonyl (C=O) groups excluding carboxylic acids is 1. The molecule has 0 unspecified atom stereocenters. The zero-order valence-electron chi connectivity index (χ0n) is 17.3. The molecule has 0 atom stereocenters. The van der Waals surface area contributed by atoms with Gasteiger partial charge in [0.25, 0.3) is 5.91 Å². The van der Waals surface area contributed by atoms with Crippen LogP contribution in [-0.4, -0.2) is 27.3 Å². The fourth-order valence-corrected chi connectivity index (χ4v) is 3.16. The Balaban J connectivity index is 1.81. The van der Waals surface area contributed by atoms with Gasteiger partial charge >= 0.3 is 6.01 Å². The smallest absolute Gasteiger partial charge is 0.336 e. The first kappa shape index (κ1) is 20.8. The minimum absolute atomic E-state index is 0.208. The standard InChI is InChI=1S/C24H29N3O2/c1-3-5-6-8-11-19-14-16-21(17-15-19)23(28)27-22(20-12-9-7-10-13-20)25-24(26-27)29-18-4-2/h7,9-10,12-17H,3-6,8,11,18H2,1-2H3. The Labute approximate surface area is 172 Å². The number of rotatable bonds is 10. The zero-order chi connectivity index (χ0) is 20.5. The molecule has 29 heavy (non-hydrogen) atoms. The molecule has 0 radical (unpaired) electrons. The third kappa shape index (κ3) is 5.53. The van der Waals surface area contributed by atoms with Crippen LogP contribution in [0.2, 0.25) is 0 Å². The Morgan fingerprint density at radius 2 is 1.69 bits per heavy atom. The summed E-state index contributed by atoms with van der Waals surface area (Å²) in [6.45, 7) is 4.75. The summed E-state index contributed by atoms with van der Waals surface area (Å²) in [5.41, 5.74) is 2.67. The molecule has 3 aromatic rings. The number of aromatic nitrogens is 3. The maximum atomic E-state index is 13.1. The Morgan fingerprint density at radius 3 is 2.38 bits per heavy atom. The van der Waals surface area contributed by atoms with E-state index in [9.17, 15) is 4.79 Å². The molecule has 0 aliphatic carbocycles. The number of hydrogen-bond donors (Lipinski definition) is 0. The molecule has 1 aromatic heterocycles. The summed E-state index contributed by atoms with van der Waals surface area (Å²) in [5, 5.41) is 4.33. The quantitative estimate of drug-likeness (QED) is 0.426. The third-order valence-corrected chi connectivity index (χ3v) is 4.77. The molecule has 0 bridgehead atoms. The molecule has 0 amide bonds. The molecule has 3 rings (SSSR count). The SMILES string of the molecule is CCCCCCc1ccc(C(=O)n2nc(OCCC)nc2-c2ccccc2)cc1. The van der Waals surface area contributed by atoms with Gasteiger partial charge in [-0.25, -0.2) is 0 Å². The average Bonchev–Trinajstić information content (AvgIpc) is 3.20. The molecule has 2 aromatic carbocycles. The lowest BCUT2D eigenvalue weighted by Gasteiger charge is -2.06. The van der Waals surface area contributed by atoms with Crippen LogP contribution < -0.4 is 4.74 Å². The van der Waals surface area contributed by atoms with Crippen LogP contribution in [0.25, 0.3) is 11.4 Å². The van der Waals surface area contributed by atoms with Gasteiger partial charge in [-0.2, -0.15) is 9.67 Å². The van der Waals surface area contributed by atoms with Crippen molar-refractivity contribution in [3.05, 3.63) is 65.7 Å². The first-order valence-corrected chi connectivity index (χ1v) is 10.5. The highest BCUT2D eigenvalue weighted by Gasteiger charge is 2.19. The van der Waals surface area contributed by atoms with Gasteiger partial charge in [0.15, 0.2) is 5.82 Å². The van der Waals surface area contributed by atoms with E-state index in [1.165, 1.54) is 35.9 Å². The molecular formula is C24H29N3O2. The van der Waals surface area contributed by atoms with Gasteiger partial charge in [-0.15, -0.1) is 5.10 Å². The molecule has 0 fully saturated rings. The molecular weight excluding hydrogens is 362 g/mol. The van der Waals surface area contributed by atoms with Crippen LogP contribution in [-0.2, 0) is 6.42 Å². The summed E-state index contributed by atoms with van der Waals surface area (Å²) < 4.78 is 6.92. The van der Waals surface area contributed by atoms with E-state index < -0.39 is 0 Å². The normalized spacial score (nSPS) is 10.8. The number of hydrogen-bond acceptors (Lipinski definition) is 4. The van der Waals surface area contributed by atoms with Gasteiger partial charge in [0.1, 0.15) is 0 Å². The van der Waals surface area contributed by atoms with Crippen LogP contribution in [0.1, 0.15) is 61.9 Å². The molecule has 0 spiro atoms. The van der Waals surface area contributed by atoms with E-state index in [1.54, 1.807) is 0 Å². The maximum absolute atomic E-state index is 13.1. The van der Waals surface area contributed by atoms with Crippen LogP contribution in [0.5, 0.6) is 6.01 Å². The van der Waals surface area contributed by atoms with Crippen molar-refractivity contribution in [1.29, 1.82) is 0 Å². The van der Waals surface area contributed by atoms with E-state index in [2.05, 4.69) is 17.0 Å². The number of ether oxygens (including phenoxy) is 1. The number of nitrogens with zero attached hydrogens (tertiary/aromatic N) is 3. The second-order valence-corrected chi connectivity index (χ2v) is 7.16. The van der Waals surface area contributed by atoms with E-state index in [1.807, 2.05) is 61.5 Å². The zero-order valence-corrected chi connectivity index (χ0v) is 17.3. The summed E-state index contributed by atoms with van der Waals surface area (Å²) in [6.07, 6.45) is 6.83. The van der Waals surface area contributed by atoms with Gasteiger partial charge in [0, 0.05) is 11.1 Å². The first-order chi connectivity index (χ1) is 14.2. The van der Waals surface area contributed by atoms with Gasteiger partial charge in [0.05, 0.1) is 6.61 Å². The minimum atomic E-state index is -0.208. The van der Waals surface area contributed by atoms with Crippen LogP contribution in [0.4, 0.5) is 0 Å². The predicted molar refractivity (Wildman–Crippen MR) is 115 cm³/mol. The predicted octanol–water partition coefficient (Wildman–Crippen LogP) is 5.55. The van der Waals surface area contributed by atoms with Gasteiger partial charge in [0.2, 0.25) is 0 Å². The van der Waals surface area contributed by atoms with Gasteiger partial charge in [-0.1, -0.05) is 75.6 Å². The molecule has 152 valence electrons. The van der Waals surface area contributed by atoms with Gasteiger partial charge < -0.3 is 4.74 Å². The van der Waals surface area contributed by atoms with E-state index in [0.29, 0.717) is 18.0 Å². The summed E-state index contributed by atoms with van der Waals surface area (Å²) in [7, 11) is 0. The molecule has 0 aliphatic heterocycles.